The fourth-order valence-corrected chi connectivity index (χ4v) is 2.41. The maximum Gasteiger partial charge on any atom is 0.422 e. The zero-order valence-corrected chi connectivity index (χ0v) is 12.1. The topological polar surface area (TPSA) is 34.1 Å². The standard InChI is InChI=1S/C15H17F3N2O/c1-4-10-9(2)20-14-11(13(10)19-3)6-5-7-12(14)21-8-15(16,17)18/h5-7H,4,8H2,1-3H3,(H,19,20). The first kappa shape index (κ1) is 15.4. The van der Waals surface area contributed by atoms with Gasteiger partial charge in [-0.25, -0.2) is 4.98 Å². The number of fused-ring (bicyclic) bond motifs is 1. The Kier molecular flexibility index (Phi) is 4.25. The van der Waals surface area contributed by atoms with Gasteiger partial charge in [-0.15, -0.1) is 0 Å². The van der Waals surface area contributed by atoms with Gasteiger partial charge in [0.15, 0.2) is 6.61 Å². The lowest BCUT2D eigenvalue weighted by molar-refractivity contribution is -0.153. The van der Waals surface area contributed by atoms with Crippen LogP contribution in [0.5, 0.6) is 5.75 Å². The Balaban J connectivity index is 2.57. The Hall–Kier alpha value is -1.98. The Labute approximate surface area is 121 Å². The number of hydrogen-bond donors (Lipinski definition) is 1. The van der Waals surface area contributed by atoms with E-state index in [9.17, 15) is 13.2 Å². The third-order valence-electron chi connectivity index (χ3n) is 3.28. The molecule has 0 unspecified atom stereocenters. The zero-order chi connectivity index (χ0) is 15.6. The lowest BCUT2D eigenvalue weighted by atomic mass is 10.0. The summed E-state index contributed by atoms with van der Waals surface area (Å²) in [6.07, 6.45) is -3.58. The molecule has 1 heterocycles. The predicted molar refractivity (Wildman–Crippen MR) is 77.0 cm³/mol. The van der Waals surface area contributed by atoms with E-state index in [-0.39, 0.29) is 5.75 Å². The molecule has 0 saturated carbocycles. The number of nitrogens with one attached hydrogen (secondary N) is 1. The number of alkyl halides is 3. The van der Waals surface area contributed by atoms with Crippen LogP contribution < -0.4 is 10.1 Å². The van der Waals surface area contributed by atoms with Crippen molar-refractivity contribution in [1.29, 1.82) is 0 Å². The van der Waals surface area contributed by atoms with Crippen molar-refractivity contribution in [2.75, 3.05) is 19.0 Å². The maximum atomic E-state index is 12.3. The number of ether oxygens (including phenoxy) is 1. The summed E-state index contributed by atoms with van der Waals surface area (Å²) in [5.41, 5.74) is 3.17. The van der Waals surface area contributed by atoms with E-state index < -0.39 is 12.8 Å². The van der Waals surface area contributed by atoms with Gasteiger partial charge >= 0.3 is 6.18 Å². The molecule has 0 amide bonds. The molecule has 0 fully saturated rings. The molecule has 0 radical (unpaired) electrons. The normalized spacial score (nSPS) is 11.7. The number of nitrogens with zero attached hydrogens (tertiary/aromatic N) is 1. The summed E-state index contributed by atoms with van der Waals surface area (Å²) in [5, 5.41) is 3.88. The molecule has 0 aliphatic carbocycles. The molecule has 114 valence electrons. The quantitative estimate of drug-likeness (QED) is 0.923. The number of hydrogen-bond acceptors (Lipinski definition) is 3. The van der Waals surface area contributed by atoms with Crippen LogP contribution in [0.3, 0.4) is 0 Å². The second-order valence-corrected chi connectivity index (χ2v) is 4.71. The van der Waals surface area contributed by atoms with Crippen molar-refractivity contribution < 1.29 is 17.9 Å². The van der Waals surface area contributed by atoms with Gasteiger partial charge in [-0.1, -0.05) is 19.1 Å². The number of aryl methyl sites for hydroxylation is 1. The Bertz CT molecular complexity index is 653. The highest BCUT2D eigenvalue weighted by atomic mass is 19.4. The number of para-hydroxylation sites is 1. The molecule has 1 N–H and O–H groups in total. The predicted octanol–water partition coefficient (Wildman–Crippen LogP) is 4.09. The first-order valence-corrected chi connectivity index (χ1v) is 6.67. The van der Waals surface area contributed by atoms with Crippen molar-refractivity contribution in [2.45, 2.75) is 26.4 Å². The van der Waals surface area contributed by atoms with E-state index in [4.69, 9.17) is 4.74 Å². The Morgan fingerprint density at radius 2 is 2.00 bits per heavy atom. The van der Waals surface area contributed by atoms with Crippen molar-refractivity contribution in [3.05, 3.63) is 29.5 Å². The zero-order valence-electron chi connectivity index (χ0n) is 12.1. The van der Waals surface area contributed by atoms with Gasteiger partial charge in [0, 0.05) is 23.8 Å². The van der Waals surface area contributed by atoms with Crippen molar-refractivity contribution in [3.8, 4) is 5.75 Å². The Morgan fingerprint density at radius 1 is 1.29 bits per heavy atom. The Morgan fingerprint density at radius 3 is 2.57 bits per heavy atom. The molecule has 2 rings (SSSR count). The number of pyridine rings is 1. The molecule has 3 nitrogen and oxygen atoms in total. The van der Waals surface area contributed by atoms with Crippen molar-refractivity contribution >= 4 is 16.6 Å². The van der Waals surface area contributed by atoms with Crippen LogP contribution in [-0.4, -0.2) is 24.8 Å². The van der Waals surface area contributed by atoms with E-state index in [2.05, 4.69) is 10.3 Å². The smallest absolute Gasteiger partial charge is 0.422 e. The summed E-state index contributed by atoms with van der Waals surface area (Å²) in [6.45, 7) is 2.54. The fourth-order valence-electron chi connectivity index (χ4n) is 2.41. The van der Waals surface area contributed by atoms with Gasteiger partial charge in [0.25, 0.3) is 0 Å². The van der Waals surface area contributed by atoms with Gasteiger partial charge in [-0.2, -0.15) is 13.2 Å². The minimum Gasteiger partial charge on any atom is -0.482 e. The van der Waals surface area contributed by atoms with Crippen LogP contribution in [0.2, 0.25) is 0 Å². The van der Waals surface area contributed by atoms with Crippen LogP contribution in [0.15, 0.2) is 18.2 Å². The average molecular weight is 298 g/mol. The highest BCUT2D eigenvalue weighted by Gasteiger charge is 2.29. The summed E-state index contributed by atoms with van der Waals surface area (Å²) in [6, 6.07) is 5.00. The van der Waals surface area contributed by atoms with Crippen LogP contribution in [0.1, 0.15) is 18.2 Å². The van der Waals surface area contributed by atoms with Gasteiger partial charge < -0.3 is 10.1 Å². The van der Waals surface area contributed by atoms with E-state index in [1.54, 1.807) is 13.1 Å². The molecule has 1 aromatic heterocycles. The fraction of sp³-hybridized carbons (Fsp3) is 0.400. The molecular weight excluding hydrogens is 281 g/mol. The monoisotopic (exact) mass is 298 g/mol. The molecule has 2 aromatic rings. The highest BCUT2D eigenvalue weighted by Crippen LogP contribution is 2.34. The van der Waals surface area contributed by atoms with Crippen molar-refractivity contribution in [2.24, 2.45) is 0 Å². The molecular formula is C15H17F3N2O. The van der Waals surface area contributed by atoms with Gasteiger partial charge in [-0.05, 0) is 25.0 Å². The number of benzene rings is 1. The van der Waals surface area contributed by atoms with E-state index in [1.165, 1.54) is 6.07 Å². The molecule has 0 saturated heterocycles. The minimum absolute atomic E-state index is 0.145. The molecule has 0 aliphatic rings. The molecule has 21 heavy (non-hydrogen) atoms. The van der Waals surface area contributed by atoms with Gasteiger partial charge in [0.1, 0.15) is 11.3 Å². The molecule has 6 heteroatoms. The molecule has 1 aromatic carbocycles. The van der Waals surface area contributed by atoms with Gasteiger partial charge in [0.2, 0.25) is 0 Å². The number of rotatable bonds is 4. The number of aromatic nitrogens is 1. The summed E-state index contributed by atoms with van der Waals surface area (Å²) >= 11 is 0. The van der Waals surface area contributed by atoms with Crippen LogP contribution in [0.4, 0.5) is 18.9 Å². The van der Waals surface area contributed by atoms with Gasteiger partial charge in [0.05, 0.1) is 0 Å². The summed E-state index contributed by atoms with van der Waals surface area (Å²) < 4.78 is 41.9. The highest BCUT2D eigenvalue weighted by molar-refractivity contribution is 5.96. The summed E-state index contributed by atoms with van der Waals surface area (Å²) in [5.74, 6) is 0.145. The summed E-state index contributed by atoms with van der Waals surface area (Å²) in [7, 11) is 1.79. The number of anilines is 1. The van der Waals surface area contributed by atoms with E-state index in [0.29, 0.717) is 5.52 Å². The largest absolute Gasteiger partial charge is 0.482 e. The van der Waals surface area contributed by atoms with E-state index >= 15 is 0 Å². The van der Waals surface area contributed by atoms with Crippen LogP contribution in [0.25, 0.3) is 10.9 Å². The van der Waals surface area contributed by atoms with Crippen molar-refractivity contribution in [1.82, 2.24) is 4.98 Å². The summed E-state index contributed by atoms with van der Waals surface area (Å²) in [4.78, 5) is 4.42. The first-order chi connectivity index (χ1) is 9.87. The molecule has 0 spiro atoms. The van der Waals surface area contributed by atoms with Crippen molar-refractivity contribution in [3.63, 3.8) is 0 Å². The van der Waals surface area contributed by atoms with Gasteiger partial charge in [-0.3, -0.25) is 0 Å². The molecule has 0 bridgehead atoms. The van der Waals surface area contributed by atoms with Crippen LogP contribution in [0, 0.1) is 6.92 Å². The lowest BCUT2D eigenvalue weighted by Crippen LogP contribution is -2.19. The lowest BCUT2D eigenvalue weighted by Gasteiger charge is -2.16. The first-order valence-electron chi connectivity index (χ1n) is 6.67. The van der Waals surface area contributed by atoms with Crippen LogP contribution in [-0.2, 0) is 6.42 Å². The third kappa shape index (κ3) is 3.20. The SMILES string of the molecule is CCc1c(C)nc2c(OCC(F)(F)F)cccc2c1NC. The van der Waals surface area contributed by atoms with Crippen LogP contribution >= 0.6 is 0 Å². The minimum atomic E-state index is -4.37. The second kappa shape index (κ2) is 5.79. The average Bonchev–Trinajstić information content (AvgIpc) is 2.42. The van der Waals surface area contributed by atoms with E-state index in [1.807, 2.05) is 19.9 Å². The third-order valence-corrected chi connectivity index (χ3v) is 3.28. The van der Waals surface area contributed by atoms with E-state index in [0.717, 1.165) is 28.8 Å². The maximum absolute atomic E-state index is 12.3. The number of halogens is 3. The molecule has 0 atom stereocenters. The second-order valence-electron chi connectivity index (χ2n) is 4.71. The molecule has 0 aliphatic heterocycles.